The molecule has 0 saturated carbocycles. The lowest BCUT2D eigenvalue weighted by Gasteiger charge is -2.23. The van der Waals surface area contributed by atoms with E-state index in [0.717, 1.165) is 5.56 Å². The quantitative estimate of drug-likeness (QED) is 0.862. The first-order valence-electron chi connectivity index (χ1n) is 6.18. The van der Waals surface area contributed by atoms with Crippen LogP contribution < -0.4 is 4.72 Å². The van der Waals surface area contributed by atoms with E-state index < -0.39 is 25.9 Å². The highest BCUT2D eigenvalue weighted by Crippen LogP contribution is 2.24. The van der Waals surface area contributed by atoms with Crippen LogP contribution in [-0.4, -0.2) is 34.4 Å². The molecule has 0 aromatic heterocycles. The summed E-state index contributed by atoms with van der Waals surface area (Å²) < 4.78 is 50.7. The molecule has 0 aliphatic carbocycles. The van der Waals surface area contributed by atoms with Gasteiger partial charge in [0.25, 0.3) is 0 Å². The molecule has 1 saturated heterocycles. The van der Waals surface area contributed by atoms with Gasteiger partial charge >= 0.3 is 0 Å². The van der Waals surface area contributed by atoms with Crippen LogP contribution in [0.4, 0.5) is 0 Å². The molecule has 5 nitrogen and oxygen atoms in total. The van der Waals surface area contributed by atoms with E-state index in [1.807, 2.05) is 6.92 Å². The molecule has 1 fully saturated rings. The maximum Gasteiger partial charge on any atom is 0.241 e. The largest absolute Gasteiger partial charge is 0.241 e. The third kappa shape index (κ3) is 3.81. The van der Waals surface area contributed by atoms with Gasteiger partial charge in [-0.25, -0.2) is 21.6 Å². The minimum absolute atomic E-state index is 0.129. The smallest absolute Gasteiger partial charge is 0.229 e. The fraction of sp³-hybridized carbons (Fsp3) is 0.500. The van der Waals surface area contributed by atoms with Gasteiger partial charge in [-0.15, -0.1) is 0 Å². The van der Waals surface area contributed by atoms with Crippen molar-refractivity contribution in [3.8, 4) is 0 Å². The van der Waals surface area contributed by atoms with Crippen molar-refractivity contribution in [2.45, 2.75) is 30.7 Å². The van der Waals surface area contributed by atoms with Crippen LogP contribution in [0.1, 0.15) is 18.4 Å². The minimum atomic E-state index is -3.72. The molecule has 0 radical (unpaired) electrons. The van der Waals surface area contributed by atoms with Crippen LogP contribution >= 0.6 is 15.9 Å². The first-order valence-corrected chi connectivity index (χ1v) is 10.3. The van der Waals surface area contributed by atoms with Gasteiger partial charge in [0.05, 0.1) is 16.4 Å². The van der Waals surface area contributed by atoms with E-state index >= 15 is 0 Å². The van der Waals surface area contributed by atoms with Gasteiger partial charge in [0, 0.05) is 10.5 Å². The number of nitrogens with one attached hydrogen (secondary N) is 1. The Morgan fingerprint density at radius 2 is 2.05 bits per heavy atom. The highest BCUT2D eigenvalue weighted by atomic mass is 79.9. The third-order valence-electron chi connectivity index (χ3n) is 3.16. The zero-order valence-electron chi connectivity index (χ0n) is 11.0. The van der Waals surface area contributed by atoms with Crippen molar-refractivity contribution in [3.05, 3.63) is 28.2 Å². The van der Waals surface area contributed by atoms with Crippen molar-refractivity contribution in [1.82, 2.24) is 4.72 Å². The summed E-state index contributed by atoms with van der Waals surface area (Å²) in [6.45, 7) is 1.86. The molecule has 1 N–H and O–H groups in total. The van der Waals surface area contributed by atoms with Crippen LogP contribution in [0.3, 0.4) is 0 Å². The predicted octanol–water partition coefficient (Wildman–Crippen LogP) is 1.61. The highest BCUT2D eigenvalue weighted by Gasteiger charge is 2.29. The summed E-state index contributed by atoms with van der Waals surface area (Å²) in [6.07, 6.45) is 1.03. The topological polar surface area (TPSA) is 80.3 Å². The third-order valence-corrected chi connectivity index (χ3v) is 7.48. The molecule has 1 atom stereocenters. The summed E-state index contributed by atoms with van der Waals surface area (Å²) in [5, 5.41) is 0. The molecule has 0 spiro atoms. The molecule has 20 heavy (non-hydrogen) atoms. The normalized spacial score (nSPS) is 22.6. The van der Waals surface area contributed by atoms with Gasteiger partial charge in [0.1, 0.15) is 0 Å². The van der Waals surface area contributed by atoms with Crippen LogP contribution in [0, 0.1) is 6.92 Å². The van der Waals surface area contributed by atoms with Crippen molar-refractivity contribution in [2.24, 2.45) is 0 Å². The summed E-state index contributed by atoms with van der Waals surface area (Å²) in [5.74, 6) is 0.00909. The highest BCUT2D eigenvalue weighted by molar-refractivity contribution is 9.10. The average molecular weight is 382 g/mol. The number of sulfonamides is 1. The van der Waals surface area contributed by atoms with Gasteiger partial charge < -0.3 is 0 Å². The SMILES string of the molecule is Cc1ccc(S(=O)(=O)NC2CCCS(=O)(=O)C2)c(Br)c1. The second kappa shape index (κ2) is 5.75. The van der Waals surface area contributed by atoms with E-state index in [1.54, 1.807) is 12.1 Å². The summed E-state index contributed by atoms with van der Waals surface area (Å²) in [6, 6.07) is 4.38. The molecular weight excluding hydrogens is 366 g/mol. The molecule has 1 aliphatic rings. The van der Waals surface area contributed by atoms with Gasteiger partial charge in [0.15, 0.2) is 9.84 Å². The lowest BCUT2D eigenvalue weighted by atomic mass is 10.2. The van der Waals surface area contributed by atoms with E-state index in [9.17, 15) is 16.8 Å². The van der Waals surface area contributed by atoms with Gasteiger partial charge in [-0.05, 0) is 53.4 Å². The van der Waals surface area contributed by atoms with Crippen LogP contribution in [0.5, 0.6) is 0 Å². The number of hydrogen-bond acceptors (Lipinski definition) is 4. The zero-order chi connectivity index (χ0) is 15.0. The van der Waals surface area contributed by atoms with E-state index in [4.69, 9.17) is 0 Å². The van der Waals surface area contributed by atoms with Crippen molar-refractivity contribution in [1.29, 1.82) is 0 Å². The Bertz CT molecular complexity index is 713. The van der Waals surface area contributed by atoms with E-state index in [2.05, 4.69) is 20.7 Å². The molecule has 1 aliphatic heterocycles. The van der Waals surface area contributed by atoms with Crippen molar-refractivity contribution in [2.75, 3.05) is 11.5 Å². The summed E-state index contributed by atoms with van der Waals surface area (Å²) in [5.41, 5.74) is 0.941. The predicted molar refractivity (Wildman–Crippen MR) is 80.9 cm³/mol. The lowest BCUT2D eigenvalue weighted by Crippen LogP contribution is -2.43. The molecular formula is C12H16BrNO4S2. The summed E-state index contributed by atoms with van der Waals surface area (Å²) in [4.78, 5) is 0.131. The number of aryl methyl sites for hydroxylation is 1. The molecule has 8 heteroatoms. The first-order chi connectivity index (χ1) is 9.20. The molecule has 0 amide bonds. The average Bonchev–Trinajstić information content (AvgIpc) is 2.25. The number of sulfone groups is 1. The Hall–Kier alpha value is -0.440. The second-order valence-electron chi connectivity index (χ2n) is 5.01. The Morgan fingerprint density at radius 3 is 2.65 bits per heavy atom. The molecule has 1 aromatic rings. The van der Waals surface area contributed by atoms with E-state index in [1.165, 1.54) is 6.07 Å². The van der Waals surface area contributed by atoms with Crippen molar-refractivity contribution < 1.29 is 16.8 Å². The fourth-order valence-corrected chi connectivity index (χ4v) is 6.43. The number of benzene rings is 1. The Morgan fingerprint density at radius 1 is 1.35 bits per heavy atom. The second-order valence-corrected chi connectivity index (χ2v) is 9.77. The Labute approximate surface area is 127 Å². The van der Waals surface area contributed by atoms with Crippen molar-refractivity contribution in [3.63, 3.8) is 0 Å². The number of rotatable bonds is 3. The zero-order valence-corrected chi connectivity index (χ0v) is 14.2. The van der Waals surface area contributed by atoms with Gasteiger partial charge in [-0.1, -0.05) is 6.07 Å². The number of hydrogen-bond donors (Lipinski definition) is 1. The first kappa shape index (κ1) is 15.9. The molecule has 0 bridgehead atoms. The van der Waals surface area contributed by atoms with Crippen LogP contribution in [0.15, 0.2) is 27.6 Å². The fourth-order valence-electron chi connectivity index (χ4n) is 2.22. The molecule has 112 valence electrons. The lowest BCUT2D eigenvalue weighted by molar-refractivity contribution is 0.517. The van der Waals surface area contributed by atoms with E-state index in [0.29, 0.717) is 17.3 Å². The van der Waals surface area contributed by atoms with Crippen LogP contribution in [-0.2, 0) is 19.9 Å². The van der Waals surface area contributed by atoms with E-state index in [-0.39, 0.29) is 16.4 Å². The summed E-state index contributed by atoms with van der Waals surface area (Å²) >= 11 is 3.23. The Balaban J connectivity index is 2.23. The standard InChI is InChI=1S/C12H16BrNO4S2/c1-9-4-5-12(11(13)7-9)20(17,18)14-10-3-2-6-19(15,16)8-10/h4-5,7,10,14H,2-3,6,8H2,1H3. The molecule has 1 unspecified atom stereocenters. The van der Waals surface area contributed by atoms with Crippen LogP contribution in [0.2, 0.25) is 0 Å². The maximum absolute atomic E-state index is 12.3. The molecule has 1 heterocycles. The number of halogens is 1. The summed E-state index contributed by atoms with van der Waals surface area (Å²) in [7, 11) is -6.86. The monoisotopic (exact) mass is 381 g/mol. The maximum atomic E-state index is 12.3. The van der Waals surface area contributed by atoms with Gasteiger partial charge in [0.2, 0.25) is 10.0 Å². The molecule has 1 aromatic carbocycles. The minimum Gasteiger partial charge on any atom is -0.229 e. The van der Waals surface area contributed by atoms with Crippen molar-refractivity contribution >= 4 is 35.8 Å². The Kier molecular flexibility index (Phi) is 4.58. The van der Waals surface area contributed by atoms with Crippen LogP contribution in [0.25, 0.3) is 0 Å². The van der Waals surface area contributed by atoms with Gasteiger partial charge in [-0.3, -0.25) is 0 Å². The molecule has 2 rings (SSSR count). The van der Waals surface area contributed by atoms with Gasteiger partial charge in [-0.2, -0.15) is 0 Å².